The van der Waals surface area contributed by atoms with Crippen molar-refractivity contribution >= 4 is 21.9 Å². The molecule has 4 aromatic rings. The Morgan fingerprint density at radius 2 is 1.54 bits per heavy atom. The van der Waals surface area contributed by atoms with E-state index in [2.05, 4.69) is 28.4 Å². The maximum absolute atomic E-state index is 13.8. The van der Waals surface area contributed by atoms with Crippen LogP contribution in [-0.2, 0) is 21.9 Å². The minimum absolute atomic E-state index is 0.0967. The van der Waals surface area contributed by atoms with Gasteiger partial charge in [-0.3, -0.25) is 5.10 Å². The lowest BCUT2D eigenvalue weighted by atomic mass is 9.68. The number of methoxy groups -OCH3 is 2. The lowest BCUT2D eigenvalue weighted by Gasteiger charge is -2.35. The first-order chi connectivity index (χ1) is 18.9. The molecular formula is C31H31N3O4S. The van der Waals surface area contributed by atoms with E-state index < -0.39 is 15.4 Å². The molecule has 1 heterocycles. The number of fused-ring (bicyclic) bond motifs is 1. The minimum atomic E-state index is -3.78. The van der Waals surface area contributed by atoms with Crippen molar-refractivity contribution in [1.82, 2.24) is 10.2 Å². The molecule has 1 aromatic heterocycles. The topological polar surface area (TPSA) is 84.5 Å². The second-order valence-corrected chi connectivity index (χ2v) is 12.0. The van der Waals surface area contributed by atoms with Gasteiger partial charge in [0.05, 0.1) is 19.1 Å². The first kappa shape index (κ1) is 25.2. The van der Waals surface area contributed by atoms with Crippen LogP contribution >= 0.6 is 0 Å². The molecular weight excluding hydrogens is 510 g/mol. The summed E-state index contributed by atoms with van der Waals surface area (Å²) in [7, 11) is -0.456. The average Bonchev–Trinajstić information content (AvgIpc) is 3.72. The fourth-order valence-corrected chi connectivity index (χ4v) is 7.07. The third-order valence-corrected chi connectivity index (χ3v) is 9.54. The number of H-pyrrole nitrogens is 1. The molecule has 200 valence electrons. The molecule has 0 bridgehead atoms. The molecule has 0 aliphatic heterocycles. The second-order valence-electron chi connectivity index (χ2n) is 10.2. The van der Waals surface area contributed by atoms with Gasteiger partial charge in [0.25, 0.3) is 10.0 Å². The summed E-state index contributed by atoms with van der Waals surface area (Å²) in [6.07, 6.45) is 6.36. The number of hydrogen-bond acceptors (Lipinski definition) is 5. The highest BCUT2D eigenvalue weighted by atomic mass is 32.2. The van der Waals surface area contributed by atoms with Gasteiger partial charge in [0.1, 0.15) is 11.5 Å². The summed E-state index contributed by atoms with van der Waals surface area (Å²) >= 11 is 0. The van der Waals surface area contributed by atoms with Crippen molar-refractivity contribution in [3.63, 3.8) is 0 Å². The molecule has 3 aromatic carbocycles. The van der Waals surface area contributed by atoms with Crippen molar-refractivity contribution in [2.75, 3.05) is 18.5 Å². The molecule has 0 amide bonds. The summed E-state index contributed by atoms with van der Waals surface area (Å²) in [5.74, 6) is 1.99. The van der Waals surface area contributed by atoms with E-state index >= 15 is 0 Å². The van der Waals surface area contributed by atoms with Gasteiger partial charge < -0.3 is 9.47 Å². The smallest absolute Gasteiger partial charge is 0.265 e. The normalized spacial score (nSPS) is 16.0. The van der Waals surface area contributed by atoms with Gasteiger partial charge in [0, 0.05) is 29.1 Å². The predicted octanol–water partition coefficient (Wildman–Crippen LogP) is 5.65. The van der Waals surface area contributed by atoms with Crippen LogP contribution in [0.15, 0.2) is 83.8 Å². The lowest BCUT2D eigenvalue weighted by Crippen LogP contribution is -2.34. The van der Waals surface area contributed by atoms with Crippen LogP contribution in [0.4, 0.5) is 5.82 Å². The Labute approximate surface area is 229 Å². The van der Waals surface area contributed by atoms with Crippen molar-refractivity contribution < 1.29 is 17.9 Å². The highest BCUT2D eigenvalue weighted by Gasteiger charge is 2.43. The number of aromatic amines is 1. The van der Waals surface area contributed by atoms with Crippen molar-refractivity contribution in [2.45, 2.75) is 42.5 Å². The van der Waals surface area contributed by atoms with E-state index in [4.69, 9.17) is 9.47 Å². The van der Waals surface area contributed by atoms with Gasteiger partial charge >= 0.3 is 0 Å². The summed E-state index contributed by atoms with van der Waals surface area (Å²) in [4.78, 5) is 0.277. The Hall–Kier alpha value is -4.04. The molecule has 39 heavy (non-hydrogen) atoms. The number of rotatable bonds is 8. The standard InChI is InChI=1S/C31H31N3O4S/c1-21-10-14-27(15-11-21)39(35,36)34(24-12-13-24)30-28-16-17-31(20-29(28)32-33-30,22-6-4-8-25(18-22)37-2)23-7-5-9-26(19-23)38-3/h4-11,14-19,24H,12-13,20H2,1-3H3,(H,32,33). The largest absolute Gasteiger partial charge is 0.497 e. The van der Waals surface area contributed by atoms with Crippen molar-refractivity contribution in [2.24, 2.45) is 0 Å². The van der Waals surface area contributed by atoms with E-state index in [0.717, 1.165) is 52.3 Å². The second kappa shape index (κ2) is 9.61. The summed E-state index contributed by atoms with van der Waals surface area (Å²) in [5.41, 5.74) is 4.26. The van der Waals surface area contributed by atoms with E-state index in [1.165, 1.54) is 4.31 Å². The molecule has 0 atom stereocenters. The SMILES string of the molecule is COc1cccc(C2(c3cccc(OC)c3)C=Cc3c(N(C4CC4)S(=O)(=O)c4ccc(C)cc4)n[nH]c3C2)c1. The predicted molar refractivity (Wildman–Crippen MR) is 152 cm³/mol. The Balaban J connectivity index is 1.47. The third-order valence-electron chi connectivity index (χ3n) is 7.69. The van der Waals surface area contributed by atoms with Crippen LogP contribution in [0.5, 0.6) is 11.5 Å². The molecule has 8 heteroatoms. The van der Waals surface area contributed by atoms with Crippen LogP contribution in [0, 0.1) is 6.92 Å². The summed E-state index contributed by atoms with van der Waals surface area (Å²) in [5, 5.41) is 7.81. The summed E-state index contributed by atoms with van der Waals surface area (Å²) in [6.45, 7) is 1.95. The third kappa shape index (κ3) is 4.38. The minimum Gasteiger partial charge on any atom is -0.497 e. The van der Waals surface area contributed by atoms with E-state index in [0.29, 0.717) is 12.2 Å². The first-order valence-corrected chi connectivity index (χ1v) is 14.5. The van der Waals surface area contributed by atoms with Gasteiger partial charge in [0.2, 0.25) is 0 Å². The first-order valence-electron chi connectivity index (χ1n) is 13.0. The molecule has 1 N–H and O–H groups in total. The van der Waals surface area contributed by atoms with Crippen molar-refractivity contribution in [3.05, 3.63) is 107 Å². The molecule has 6 rings (SSSR count). The zero-order valence-corrected chi connectivity index (χ0v) is 23.0. The monoisotopic (exact) mass is 541 g/mol. The number of aryl methyl sites for hydroxylation is 1. The highest BCUT2D eigenvalue weighted by molar-refractivity contribution is 7.92. The highest BCUT2D eigenvalue weighted by Crippen LogP contribution is 2.46. The van der Waals surface area contributed by atoms with Gasteiger partial charge in [-0.05, 0) is 67.3 Å². The van der Waals surface area contributed by atoms with E-state index in [-0.39, 0.29) is 10.9 Å². The Morgan fingerprint density at radius 1 is 0.923 bits per heavy atom. The molecule has 0 unspecified atom stereocenters. The van der Waals surface area contributed by atoms with Gasteiger partial charge in [-0.25, -0.2) is 12.7 Å². The quantitative estimate of drug-likeness (QED) is 0.312. The number of benzene rings is 3. The fourth-order valence-electron chi connectivity index (χ4n) is 5.40. The Bertz CT molecular complexity index is 1610. The molecule has 2 aliphatic rings. The number of aromatic nitrogens is 2. The van der Waals surface area contributed by atoms with E-state index in [9.17, 15) is 8.42 Å². The summed E-state index contributed by atoms with van der Waals surface area (Å²) in [6, 6.07) is 23.0. The maximum Gasteiger partial charge on any atom is 0.265 e. The Morgan fingerprint density at radius 3 is 2.10 bits per heavy atom. The van der Waals surface area contributed by atoms with Gasteiger partial charge in [-0.2, -0.15) is 5.10 Å². The molecule has 1 saturated carbocycles. The number of ether oxygens (including phenoxy) is 2. The average molecular weight is 542 g/mol. The van der Waals surface area contributed by atoms with Gasteiger partial charge in [0.15, 0.2) is 5.82 Å². The Kier molecular flexibility index (Phi) is 6.22. The molecule has 0 spiro atoms. The number of hydrogen-bond donors (Lipinski definition) is 1. The molecule has 7 nitrogen and oxygen atoms in total. The van der Waals surface area contributed by atoms with Gasteiger partial charge in [-0.1, -0.05) is 54.1 Å². The number of sulfonamides is 1. The van der Waals surface area contributed by atoms with Crippen LogP contribution < -0.4 is 13.8 Å². The van der Waals surface area contributed by atoms with E-state index in [1.54, 1.807) is 26.4 Å². The van der Waals surface area contributed by atoms with Gasteiger partial charge in [-0.15, -0.1) is 0 Å². The molecule has 0 radical (unpaired) electrons. The zero-order valence-electron chi connectivity index (χ0n) is 22.2. The van der Waals surface area contributed by atoms with Crippen molar-refractivity contribution in [3.8, 4) is 11.5 Å². The van der Waals surface area contributed by atoms with Crippen LogP contribution in [0.3, 0.4) is 0 Å². The van der Waals surface area contributed by atoms with Crippen LogP contribution in [0.2, 0.25) is 0 Å². The number of allylic oxidation sites excluding steroid dienone is 1. The summed E-state index contributed by atoms with van der Waals surface area (Å²) < 4.78 is 40.3. The van der Waals surface area contributed by atoms with Crippen LogP contribution in [-0.4, -0.2) is 38.9 Å². The lowest BCUT2D eigenvalue weighted by molar-refractivity contribution is 0.411. The molecule has 2 aliphatic carbocycles. The zero-order chi connectivity index (χ0) is 27.2. The number of nitrogens with zero attached hydrogens (tertiary/aromatic N) is 2. The van der Waals surface area contributed by atoms with E-state index in [1.807, 2.05) is 61.5 Å². The van der Waals surface area contributed by atoms with Crippen LogP contribution in [0.25, 0.3) is 6.08 Å². The number of nitrogens with one attached hydrogen (secondary N) is 1. The molecule has 0 saturated heterocycles. The number of anilines is 1. The van der Waals surface area contributed by atoms with Crippen LogP contribution in [0.1, 0.15) is 40.8 Å². The van der Waals surface area contributed by atoms with Crippen molar-refractivity contribution in [1.29, 1.82) is 0 Å². The molecule has 1 fully saturated rings. The maximum atomic E-state index is 13.8. The fraction of sp³-hybridized carbons (Fsp3) is 0.258.